The Bertz CT molecular complexity index is 561. The third kappa shape index (κ3) is 3.95. The zero-order valence-corrected chi connectivity index (χ0v) is 11.4. The molecule has 0 atom stereocenters. The number of aryl methyl sites for hydroxylation is 2. The van der Waals surface area contributed by atoms with E-state index in [1.807, 2.05) is 44.2 Å². The van der Waals surface area contributed by atoms with E-state index in [4.69, 9.17) is 0 Å². The molecular weight excluding hydrogens is 234 g/mol. The van der Waals surface area contributed by atoms with Crippen LogP contribution in [0.15, 0.2) is 48.5 Å². The molecule has 0 radical (unpaired) electrons. The van der Waals surface area contributed by atoms with E-state index in [2.05, 4.69) is 23.5 Å². The maximum atomic E-state index is 11.9. The van der Waals surface area contributed by atoms with Gasteiger partial charge < -0.3 is 5.32 Å². The molecule has 0 saturated carbocycles. The van der Waals surface area contributed by atoms with Crippen molar-refractivity contribution in [2.24, 2.45) is 0 Å². The fourth-order valence-electron chi connectivity index (χ4n) is 2.02. The van der Waals surface area contributed by atoms with Gasteiger partial charge in [0.2, 0.25) is 5.91 Å². The van der Waals surface area contributed by atoms with Crippen LogP contribution in [0.5, 0.6) is 0 Å². The van der Waals surface area contributed by atoms with Crippen molar-refractivity contribution in [3.8, 4) is 0 Å². The highest BCUT2D eigenvalue weighted by Gasteiger charge is 2.06. The fraction of sp³-hybridized carbons (Fsp3) is 0.235. The second-order valence-corrected chi connectivity index (χ2v) is 4.87. The minimum atomic E-state index is 0.0672. The van der Waals surface area contributed by atoms with Crippen molar-refractivity contribution in [1.29, 1.82) is 0 Å². The van der Waals surface area contributed by atoms with E-state index in [1.54, 1.807) is 0 Å². The van der Waals surface area contributed by atoms with Crippen molar-refractivity contribution in [1.82, 2.24) is 5.32 Å². The number of amides is 1. The minimum absolute atomic E-state index is 0.0672. The summed E-state index contributed by atoms with van der Waals surface area (Å²) in [5, 5.41) is 2.96. The number of rotatable bonds is 4. The first-order valence-corrected chi connectivity index (χ1v) is 6.52. The predicted molar refractivity (Wildman–Crippen MR) is 77.9 cm³/mol. The number of benzene rings is 2. The third-order valence-electron chi connectivity index (χ3n) is 3.19. The summed E-state index contributed by atoms with van der Waals surface area (Å²) in [6, 6.07) is 16.2. The summed E-state index contributed by atoms with van der Waals surface area (Å²) in [6.07, 6.45) is 0.445. The third-order valence-corrected chi connectivity index (χ3v) is 3.19. The SMILES string of the molecule is Cc1ccc(C)c(CC(=O)NCc2ccccc2)c1. The molecule has 2 rings (SSSR count). The van der Waals surface area contributed by atoms with Crippen LogP contribution in [0.25, 0.3) is 0 Å². The van der Waals surface area contributed by atoms with Crippen LogP contribution in [0.4, 0.5) is 0 Å². The normalized spacial score (nSPS) is 10.2. The van der Waals surface area contributed by atoms with Gasteiger partial charge >= 0.3 is 0 Å². The van der Waals surface area contributed by atoms with Gasteiger partial charge in [0.25, 0.3) is 0 Å². The van der Waals surface area contributed by atoms with Crippen LogP contribution in [-0.2, 0) is 17.8 Å². The van der Waals surface area contributed by atoms with E-state index in [9.17, 15) is 4.79 Å². The van der Waals surface area contributed by atoms with Crippen molar-refractivity contribution in [2.45, 2.75) is 26.8 Å². The van der Waals surface area contributed by atoms with Gasteiger partial charge in [0.05, 0.1) is 6.42 Å². The minimum Gasteiger partial charge on any atom is -0.352 e. The number of hydrogen-bond donors (Lipinski definition) is 1. The zero-order valence-electron chi connectivity index (χ0n) is 11.4. The second kappa shape index (κ2) is 6.19. The highest BCUT2D eigenvalue weighted by atomic mass is 16.1. The first-order valence-electron chi connectivity index (χ1n) is 6.52. The Morgan fingerprint density at radius 3 is 2.53 bits per heavy atom. The molecule has 2 aromatic carbocycles. The first kappa shape index (κ1) is 13.3. The maximum absolute atomic E-state index is 11.9. The lowest BCUT2D eigenvalue weighted by Crippen LogP contribution is -2.24. The Kier molecular flexibility index (Phi) is 4.35. The summed E-state index contributed by atoms with van der Waals surface area (Å²) >= 11 is 0. The molecule has 2 heteroatoms. The molecule has 19 heavy (non-hydrogen) atoms. The summed E-state index contributed by atoms with van der Waals surface area (Å²) in [7, 11) is 0. The monoisotopic (exact) mass is 253 g/mol. The highest BCUT2D eigenvalue weighted by molar-refractivity contribution is 5.79. The number of carbonyl (C=O) groups excluding carboxylic acids is 1. The standard InChI is InChI=1S/C17H19NO/c1-13-8-9-14(2)16(10-13)11-17(19)18-12-15-6-4-3-5-7-15/h3-10H,11-12H2,1-2H3,(H,18,19). The Labute approximate surface area is 114 Å². The molecule has 0 fully saturated rings. The van der Waals surface area contributed by atoms with Crippen molar-refractivity contribution >= 4 is 5.91 Å². The summed E-state index contributed by atoms with van der Waals surface area (Å²) in [6.45, 7) is 4.68. The van der Waals surface area contributed by atoms with Crippen molar-refractivity contribution in [3.05, 3.63) is 70.8 Å². The first-order chi connectivity index (χ1) is 9.15. The van der Waals surface area contributed by atoms with E-state index in [-0.39, 0.29) is 5.91 Å². The van der Waals surface area contributed by atoms with Crippen LogP contribution in [0, 0.1) is 13.8 Å². The van der Waals surface area contributed by atoms with Gasteiger partial charge in [-0.25, -0.2) is 0 Å². The van der Waals surface area contributed by atoms with Gasteiger partial charge in [-0.3, -0.25) is 4.79 Å². The number of hydrogen-bond acceptors (Lipinski definition) is 1. The Hall–Kier alpha value is -2.09. The van der Waals surface area contributed by atoms with Crippen LogP contribution >= 0.6 is 0 Å². The maximum Gasteiger partial charge on any atom is 0.224 e. The Morgan fingerprint density at radius 1 is 1.05 bits per heavy atom. The van der Waals surface area contributed by atoms with E-state index < -0.39 is 0 Å². The number of carbonyl (C=O) groups is 1. The van der Waals surface area contributed by atoms with Gasteiger partial charge in [0.15, 0.2) is 0 Å². The molecule has 0 saturated heterocycles. The van der Waals surface area contributed by atoms with Crippen molar-refractivity contribution in [3.63, 3.8) is 0 Å². The summed E-state index contributed by atoms with van der Waals surface area (Å²) in [5.74, 6) is 0.0672. The lowest BCUT2D eigenvalue weighted by molar-refractivity contribution is -0.120. The molecule has 98 valence electrons. The summed E-state index contributed by atoms with van der Waals surface area (Å²) in [5.41, 5.74) is 4.58. The van der Waals surface area contributed by atoms with E-state index in [1.165, 1.54) is 11.1 Å². The van der Waals surface area contributed by atoms with Crippen LogP contribution in [0.1, 0.15) is 22.3 Å². The van der Waals surface area contributed by atoms with Crippen LogP contribution in [0.3, 0.4) is 0 Å². The molecule has 2 aromatic rings. The van der Waals surface area contributed by atoms with Crippen LogP contribution < -0.4 is 5.32 Å². The van der Waals surface area contributed by atoms with E-state index in [0.717, 1.165) is 11.1 Å². The van der Waals surface area contributed by atoms with Crippen LogP contribution in [0.2, 0.25) is 0 Å². The fourth-order valence-corrected chi connectivity index (χ4v) is 2.02. The van der Waals surface area contributed by atoms with Crippen LogP contribution in [-0.4, -0.2) is 5.91 Å². The molecule has 1 amide bonds. The average Bonchev–Trinajstić information content (AvgIpc) is 2.42. The number of nitrogens with one attached hydrogen (secondary N) is 1. The summed E-state index contributed by atoms with van der Waals surface area (Å²) in [4.78, 5) is 11.9. The van der Waals surface area contributed by atoms with Crippen molar-refractivity contribution in [2.75, 3.05) is 0 Å². The molecule has 2 nitrogen and oxygen atoms in total. The lowest BCUT2D eigenvalue weighted by Gasteiger charge is -2.08. The second-order valence-electron chi connectivity index (χ2n) is 4.87. The van der Waals surface area contributed by atoms with E-state index >= 15 is 0 Å². The highest BCUT2D eigenvalue weighted by Crippen LogP contribution is 2.11. The van der Waals surface area contributed by atoms with Gasteiger partial charge in [-0.15, -0.1) is 0 Å². The zero-order chi connectivity index (χ0) is 13.7. The quantitative estimate of drug-likeness (QED) is 0.891. The van der Waals surface area contributed by atoms with Gasteiger partial charge in [0.1, 0.15) is 0 Å². The van der Waals surface area contributed by atoms with Gasteiger partial charge in [-0.2, -0.15) is 0 Å². The molecular formula is C17H19NO. The van der Waals surface area contributed by atoms with Gasteiger partial charge in [-0.05, 0) is 30.5 Å². The molecule has 0 spiro atoms. The topological polar surface area (TPSA) is 29.1 Å². The van der Waals surface area contributed by atoms with Crippen molar-refractivity contribution < 1.29 is 4.79 Å². The largest absolute Gasteiger partial charge is 0.352 e. The average molecular weight is 253 g/mol. The summed E-state index contributed by atoms with van der Waals surface area (Å²) < 4.78 is 0. The Balaban J connectivity index is 1.93. The Morgan fingerprint density at radius 2 is 1.79 bits per heavy atom. The molecule has 0 unspecified atom stereocenters. The lowest BCUT2D eigenvalue weighted by atomic mass is 10.0. The molecule has 0 aromatic heterocycles. The predicted octanol–water partition coefficient (Wildman–Crippen LogP) is 3.16. The molecule has 1 N–H and O–H groups in total. The molecule has 0 heterocycles. The molecule has 0 aliphatic rings. The smallest absolute Gasteiger partial charge is 0.224 e. The molecule has 0 bridgehead atoms. The van der Waals surface area contributed by atoms with Gasteiger partial charge in [0, 0.05) is 6.54 Å². The van der Waals surface area contributed by atoms with E-state index in [0.29, 0.717) is 13.0 Å². The molecule has 0 aliphatic heterocycles. The molecule has 0 aliphatic carbocycles. The van der Waals surface area contributed by atoms with Gasteiger partial charge in [-0.1, -0.05) is 54.1 Å².